The molecule has 0 saturated heterocycles. The van der Waals surface area contributed by atoms with Crippen LogP contribution in [-0.4, -0.2) is 27.4 Å². The fourth-order valence-electron chi connectivity index (χ4n) is 4.19. The first kappa shape index (κ1) is 23.8. The maximum atomic E-state index is 13.7. The highest BCUT2D eigenvalue weighted by Crippen LogP contribution is 2.35. The molecule has 2 heterocycles. The van der Waals surface area contributed by atoms with Crippen LogP contribution in [0, 0.1) is 6.92 Å². The minimum atomic E-state index is -0.277. The summed E-state index contributed by atoms with van der Waals surface area (Å²) in [5.41, 5.74) is 6.29. The number of rotatable bonds is 6. The average Bonchev–Trinajstić information content (AvgIpc) is 3.22. The van der Waals surface area contributed by atoms with E-state index in [9.17, 15) is 9.59 Å². The number of carbonyl (C=O) groups excluding carboxylic acids is 1. The van der Waals surface area contributed by atoms with Crippen molar-refractivity contribution in [1.82, 2.24) is 15.0 Å². The summed E-state index contributed by atoms with van der Waals surface area (Å²) in [5.74, 6) is -0.205. The molecule has 1 aliphatic carbocycles. The highest BCUT2D eigenvalue weighted by Gasteiger charge is 2.23. The van der Waals surface area contributed by atoms with Gasteiger partial charge in [0.05, 0.1) is 23.0 Å². The minimum Gasteiger partial charge on any atom is -0.272 e. The molecule has 1 aliphatic rings. The smallest absolute Gasteiger partial charge is 0.267 e. The zero-order chi connectivity index (χ0) is 24.4. The summed E-state index contributed by atoms with van der Waals surface area (Å²) in [7, 11) is 0. The van der Waals surface area contributed by atoms with E-state index in [-0.39, 0.29) is 17.2 Å². The summed E-state index contributed by atoms with van der Waals surface area (Å²) in [6.45, 7) is 2.00. The zero-order valence-electron chi connectivity index (χ0n) is 19.1. The van der Waals surface area contributed by atoms with Crippen LogP contribution in [0.5, 0.6) is 0 Å². The van der Waals surface area contributed by atoms with E-state index in [1.165, 1.54) is 16.6 Å². The predicted molar refractivity (Wildman–Crippen MR) is 145 cm³/mol. The number of amides is 1. The first-order valence-corrected chi connectivity index (χ1v) is 13.5. The standard InChI is InChI=1S/C26H23ClN4O2S2/c1-16-5-4-6-17(13-16)14-28-30-22(32)15-34-26-29-24-23(20-7-2-3-8-21(20)35-24)25(33)31(26)19-11-9-18(27)10-12-19/h4-6,9-14H,2-3,7-8,15H2,1H3,(H,30,32). The number of carbonyl (C=O) groups is 1. The Morgan fingerprint density at radius 1 is 1.23 bits per heavy atom. The third-order valence-electron chi connectivity index (χ3n) is 5.82. The number of halogens is 1. The van der Waals surface area contributed by atoms with E-state index in [4.69, 9.17) is 16.6 Å². The Morgan fingerprint density at radius 2 is 2.03 bits per heavy atom. The molecule has 0 unspecified atom stereocenters. The van der Waals surface area contributed by atoms with Gasteiger partial charge in [0.2, 0.25) is 0 Å². The van der Waals surface area contributed by atoms with Gasteiger partial charge in [0.1, 0.15) is 4.83 Å². The van der Waals surface area contributed by atoms with Crippen molar-refractivity contribution in [2.45, 2.75) is 37.8 Å². The van der Waals surface area contributed by atoms with Crippen molar-refractivity contribution in [3.8, 4) is 5.69 Å². The van der Waals surface area contributed by atoms with Gasteiger partial charge in [-0.25, -0.2) is 10.4 Å². The summed E-state index contributed by atoms with van der Waals surface area (Å²) in [5, 5.41) is 5.82. The van der Waals surface area contributed by atoms with Crippen molar-refractivity contribution in [2.24, 2.45) is 5.10 Å². The summed E-state index contributed by atoms with van der Waals surface area (Å²) in [6, 6.07) is 14.9. The van der Waals surface area contributed by atoms with Gasteiger partial charge in [0.15, 0.2) is 5.16 Å². The number of aromatic nitrogens is 2. The number of thioether (sulfide) groups is 1. The van der Waals surface area contributed by atoms with Gasteiger partial charge in [0.25, 0.3) is 11.5 Å². The molecule has 0 saturated carbocycles. The van der Waals surface area contributed by atoms with Gasteiger partial charge in [-0.3, -0.25) is 14.2 Å². The van der Waals surface area contributed by atoms with Crippen LogP contribution in [0.2, 0.25) is 5.02 Å². The van der Waals surface area contributed by atoms with Crippen LogP contribution < -0.4 is 11.0 Å². The van der Waals surface area contributed by atoms with Gasteiger partial charge in [0, 0.05) is 9.90 Å². The molecule has 0 atom stereocenters. The van der Waals surface area contributed by atoms with Crippen LogP contribution in [0.1, 0.15) is 34.4 Å². The Morgan fingerprint density at radius 3 is 2.83 bits per heavy atom. The van der Waals surface area contributed by atoms with E-state index >= 15 is 0 Å². The lowest BCUT2D eigenvalue weighted by Gasteiger charge is -2.13. The largest absolute Gasteiger partial charge is 0.272 e. The van der Waals surface area contributed by atoms with Crippen LogP contribution in [0.4, 0.5) is 0 Å². The third kappa shape index (κ3) is 5.19. The minimum absolute atomic E-state index is 0.0712. The van der Waals surface area contributed by atoms with Gasteiger partial charge >= 0.3 is 0 Å². The highest BCUT2D eigenvalue weighted by atomic mass is 35.5. The highest BCUT2D eigenvalue weighted by molar-refractivity contribution is 7.99. The molecule has 2 aromatic heterocycles. The number of benzene rings is 2. The van der Waals surface area contributed by atoms with Gasteiger partial charge in [-0.15, -0.1) is 11.3 Å². The summed E-state index contributed by atoms with van der Waals surface area (Å²) in [4.78, 5) is 33.1. The number of nitrogens with zero attached hydrogens (tertiary/aromatic N) is 3. The number of fused-ring (bicyclic) bond motifs is 3. The maximum Gasteiger partial charge on any atom is 0.267 e. The Balaban J connectivity index is 1.43. The molecule has 2 aromatic carbocycles. The number of hydrazone groups is 1. The van der Waals surface area contributed by atoms with Gasteiger partial charge in [-0.2, -0.15) is 5.10 Å². The molecule has 0 aliphatic heterocycles. The average molecular weight is 523 g/mol. The lowest BCUT2D eigenvalue weighted by molar-refractivity contribution is -0.118. The zero-order valence-corrected chi connectivity index (χ0v) is 21.5. The van der Waals surface area contributed by atoms with Gasteiger partial charge in [-0.1, -0.05) is 53.2 Å². The van der Waals surface area contributed by atoms with Crippen LogP contribution in [0.15, 0.2) is 63.6 Å². The number of thiophene rings is 1. The quantitative estimate of drug-likeness (QED) is 0.156. The lowest BCUT2D eigenvalue weighted by atomic mass is 9.97. The summed E-state index contributed by atoms with van der Waals surface area (Å²) < 4.78 is 1.59. The SMILES string of the molecule is Cc1cccc(C=NNC(=O)CSc2nc3sc4c(c3c(=O)n2-c2ccc(Cl)cc2)CCCC4)c1. The molecular formula is C26H23ClN4O2S2. The molecule has 0 fully saturated rings. The summed E-state index contributed by atoms with van der Waals surface area (Å²) >= 11 is 8.90. The Hall–Kier alpha value is -2.94. The van der Waals surface area contributed by atoms with E-state index in [0.29, 0.717) is 21.3 Å². The molecule has 1 N–H and O–H groups in total. The topological polar surface area (TPSA) is 76.3 Å². The van der Waals surface area contributed by atoms with Crippen molar-refractivity contribution in [3.63, 3.8) is 0 Å². The molecule has 0 bridgehead atoms. The van der Waals surface area contributed by atoms with Crippen LogP contribution in [0.25, 0.3) is 15.9 Å². The van der Waals surface area contributed by atoms with Crippen molar-refractivity contribution < 1.29 is 4.79 Å². The van der Waals surface area contributed by atoms with E-state index in [2.05, 4.69) is 10.5 Å². The monoisotopic (exact) mass is 522 g/mol. The van der Waals surface area contributed by atoms with E-state index in [1.807, 2.05) is 31.2 Å². The second kappa shape index (κ2) is 10.4. The molecule has 9 heteroatoms. The molecular weight excluding hydrogens is 500 g/mol. The van der Waals surface area contributed by atoms with E-state index < -0.39 is 0 Å². The summed E-state index contributed by atoms with van der Waals surface area (Å²) in [6.07, 6.45) is 5.72. The second-order valence-corrected chi connectivity index (χ2v) is 10.9. The lowest BCUT2D eigenvalue weighted by Crippen LogP contribution is -2.24. The molecule has 4 aromatic rings. The van der Waals surface area contributed by atoms with Gasteiger partial charge in [-0.05, 0) is 68.0 Å². The van der Waals surface area contributed by atoms with Crippen LogP contribution in [0.3, 0.4) is 0 Å². The number of aryl methyl sites for hydroxylation is 3. The first-order chi connectivity index (χ1) is 17.0. The molecule has 0 spiro atoms. The van der Waals surface area contributed by atoms with Crippen molar-refractivity contribution in [3.05, 3.63) is 85.5 Å². The Bertz CT molecular complexity index is 1490. The van der Waals surface area contributed by atoms with Crippen LogP contribution in [-0.2, 0) is 17.6 Å². The number of hydrogen-bond acceptors (Lipinski definition) is 6. The molecule has 1 amide bonds. The maximum absolute atomic E-state index is 13.7. The molecule has 35 heavy (non-hydrogen) atoms. The fourth-order valence-corrected chi connectivity index (χ4v) is 6.43. The van der Waals surface area contributed by atoms with Crippen molar-refractivity contribution in [2.75, 3.05) is 5.75 Å². The number of nitrogens with one attached hydrogen (secondary N) is 1. The predicted octanol–water partition coefficient (Wildman–Crippen LogP) is 5.53. The number of hydrogen-bond donors (Lipinski definition) is 1. The first-order valence-electron chi connectivity index (χ1n) is 11.3. The molecule has 178 valence electrons. The molecule has 6 nitrogen and oxygen atoms in total. The van der Waals surface area contributed by atoms with Crippen molar-refractivity contribution in [1.29, 1.82) is 0 Å². The molecule has 5 rings (SSSR count). The fraction of sp³-hybridized carbons (Fsp3) is 0.231. The Labute approximate surface area is 216 Å². The Kier molecular flexibility index (Phi) is 7.04. The molecule has 0 radical (unpaired) electrons. The van der Waals surface area contributed by atoms with E-state index in [1.54, 1.807) is 46.4 Å². The second-order valence-electron chi connectivity index (χ2n) is 8.40. The van der Waals surface area contributed by atoms with Crippen LogP contribution >= 0.6 is 34.7 Å². The van der Waals surface area contributed by atoms with Gasteiger partial charge < -0.3 is 0 Å². The van der Waals surface area contributed by atoms with E-state index in [0.717, 1.165) is 47.2 Å². The third-order valence-corrected chi connectivity index (χ3v) is 8.20. The normalized spacial score (nSPS) is 13.3. The van der Waals surface area contributed by atoms with Crippen molar-refractivity contribution >= 4 is 57.0 Å².